The Balaban J connectivity index is 1.20. The standard InChI is InChI=1S/C42H49F2N2O8P/c1-52-31-16-17-33-27(20-31)18-19-45-40(33)54-32-22-37-38(47)24-42(55(50,51)26-34-35(43)14-9-15-36(34)44)23-29(42)11-6-4-2-3-5-10-28(41(49)46(37)25-32)21-39(48)53-30-12-7-8-13-30/h6,9,11,14-20,28-30,32,37H,2-5,7-8,10,12-13,21-26H2,1H3,(H,50,51)/b11-6-/t28?,29-,32-,37+,42-/m1/s1. The van der Waals surface area contributed by atoms with Crippen LogP contribution in [0, 0.1) is 23.5 Å². The molecule has 1 N–H and O–H groups in total. The van der Waals surface area contributed by atoms with Gasteiger partial charge in [-0.25, -0.2) is 13.8 Å². The van der Waals surface area contributed by atoms with Gasteiger partial charge in [-0.15, -0.1) is 0 Å². The maximum atomic E-state index is 14.8. The van der Waals surface area contributed by atoms with Gasteiger partial charge in [0.25, 0.3) is 0 Å². The van der Waals surface area contributed by atoms with Crippen LogP contribution in [-0.2, 0) is 29.8 Å². The summed E-state index contributed by atoms with van der Waals surface area (Å²) in [5.41, 5.74) is -0.487. The number of aromatic nitrogens is 1. The van der Waals surface area contributed by atoms with Crippen molar-refractivity contribution < 1.29 is 46.8 Å². The van der Waals surface area contributed by atoms with Crippen molar-refractivity contribution in [3.8, 4) is 11.6 Å². The summed E-state index contributed by atoms with van der Waals surface area (Å²) < 4.78 is 61.6. The minimum absolute atomic E-state index is 0.0329. The molecule has 1 amide bonds. The minimum Gasteiger partial charge on any atom is -0.497 e. The largest absolute Gasteiger partial charge is 0.497 e. The molecule has 6 atom stereocenters. The van der Waals surface area contributed by atoms with Gasteiger partial charge >= 0.3 is 5.97 Å². The molecule has 2 unspecified atom stereocenters. The second-order valence-electron chi connectivity index (χ2n) is 15.7. The molecular formula is C42H49F2N2O8P. The van der Waals surface area contributed by atoms with E-state index in [9.17, 15) is 32.6 Å². The van der Waals surface area contributed by atoms with Gasteiger partial charge in [-0.1, -0.05) is 31.1 Å². The molecule has 10 nitrogen and oxygen atoms in total. The summed E-state index contributed by atoms with van der Waals surface area (Å²) in [4.78, 5) is 60.1. The van der Waals surface area contributed by atoms with Gasteiger partial charge in [0.1, 0.15) is 29.6 Å². The molecule has 0 spiro atoms. The number of fused-ring (bicyclic) bond motifs is 3. The SMILES string of the molecule is COc1ccc2c(O[C@@H]3C[C@H]4C(=O)C[C@]5(P(=O)(O)Cc6c(F)cccc6F)C[C@H]5/C=C\CCCCCC(CC(=O)OC5CCCC5)C(=O)N4C3)nccc2c1. The van der Waals surface area contributed by atoms with E-state index in [0.29, 0.717) is 36.3 Å². The molecule has 0 radical (unpaired) electrons. The first-order valence-corrected chi connectivity index (χ1v) is 21.4. The van der Waals surface area contributed by atoms with Crippen molar-refractivity contribution in [3.05, 3.63) is 78.0 Å². The van der Waals surface area contributed by atoms with Gasteiger partial charge in [0.15, 0.2) is 5.78 Å². The number of allylic oxidation sites excluding steroid dienone is 2. The first-order valence-electron chi connectivity index (χ1n) is 19.5. The lowest BCUT2D eigenvalue weighted by Gasteiger charge is -2.30. The molecule has 0 bridgehead atoms. The number of ether oxygens (including phenoxy) is 3. The highest BCUT2D eigenvalue weighted by atomic mass is 31.2. The maximum Gasteiger partial charge on any atom is 0.306 e. The summed E-state index contributed by atoms with van der Waals surface area (Å²) in [5.74, 6) is -3.29. The van der Waals surface area contributed by atoms with Crippen LogP contribution in [0.2, 0.25) is 0 Å². The number of amides is 1. The van der Waals surface area contributed by atoms with E-state index in [1.165, 1.54) is 11.0 Å². The van der Waals surface area contributed by atoms with E-state index in [-0.39, 0.29) is 44.2 Å². The molecule has 13 heteroatoms. The normalized spacial score (nSPS) is 28.0. The molecule has 3 fully saturated rings. The van der Waals surface area contributed by atoms with Gasteiger partial charge < -0.3 is 24.0 Å². The number of nitrogens with zero attached hydrogens (tertiary/aromatic N) is 2. The number of ketones is 1. The lowest BCUT2D eigenvalue weighted by atomic mass is 9.94. The zero-order valence-corrected chi connectivity index (χ0v) is 32.1. The van der Waals surface area contributed by atoms with Gasteiger partial charge in [0.2, 0.25) is 19.2 Å². The van der Waals surface area contributed by atoms with Gasteiger partial charge in [-0.2, -0.15) is 0 Å². The number of benzene rings is 2. The first kappa shape index (κ1) is 39.1. The number of Topliss-reactive ketones (excluding diaryl/α,β-unsaturated/α-hetero) is 1. The number of esters is 1. The van der Waals surface area contributed by atoms with Crippen LogP contribution >= 0.6 is 7.37 Å². The fourth-order valence-corrected chi connectivity index (χ4v) is 11.3. The third kappa shape index (κ3) is 8.50. The van der Waals surface area contributed by atoms with Crippen molar-refractivity contribution in [2.45, 2.75) is 113 Å². The average molecular weight is 779 g/mol. The van der Waals surface area contributed by atoms with Crippen molar-refractivity contribution in [3.63, 3.8) is 0 Å². The summed E-state index contributed by atoms with van der Waals surface area (Å²) >= 11 is 0. The number of methoxy groups -OCH3 is 1. The number of hydrogen-bond donors (Lipinski definition) is 1. The Morgan fingerprint density at radius 1 is 1.02 bits per heavy atom. The van der Waals surface area contributed by atoms with Crippen molar-refractivity contribution >= 4 is 35.8 Å². The summed E-state index contributed by atoms with van der Waals surface area (Å²) in [6.45, 7) is 0.0329. The monoisotopic (exact) mass is 778 g/mol. The molecule has 2 aliphatic heterocycles. The fourth-order valence-electron chi connectivity index (χ4n) is 8.79. The lowest BCUT2D eigenvalue weighted by Crippen LogP contribution is -2.45. The van der Waals surface area contributed by atoms with Crippen LogP contribution in [-0.4, -0.2) is 69.5 Å². The highest BCUT2D eigenvalue weighted by Crippen LogP contribution is 2.74. The van der Waals surface area contributed by atoms with E-state index in [1.54, 1.807) is 19.4 Å². The van der Waals surface area contributed by atoms with Crippen molar-refractivity contribution in [1.82, 2.24) is 9.88 Å². The van der Waals surface area contributed by atoms with Gasteiger partial charge in [-0.3, -0.25) is 18.9 Å². The Labute approximate surface area is 320 Å². The number of pyridine rings is 1. The third-order valence-corrected chi connectivity index (χ3v) is 14.8. The van der Waals surface area contributed by atoms with Crippen LogP contribution in [0.25, 0.3) is 10.8 Å². The molecule has 3 heterocycles. The molecular weight excluding hydrogens is 729 g/mol. The summed E-state index contributed by atoms with van der Waals surface area (Å²) in [6, 6.07) is 9.56. The topological polar surface area (TPSA) is 132 Å². The molecule has 7 rings (SSSR count). The number of carbonyl (C=O) groups is 3. The number of hydrogen-bond acceptors (Lipinski definition) is 8. The van der Waals surface area contributed by atoms with E-state index in [1.807, 2.05) is 30.4 Å². The summed E-state index contributed by atoms with van der Waals surface area (Å²) in [5, 5.41) is 0.0835. The Morgan fingerprint density at radius 2 is 1.78 bits per heavy atom. The van der Waals surface area contributed by atoms with Crippen LogP contribution < -0.4 is 9.47 Å². The van der Waals surface area contributed by atoms with E-state index in [4.69, 9.17) is 14.2 Å². The highest BCUT2D eigenvalue weighted by Gasteiger charge is 2.65. The molecule has 294 valence electrons. The van der Waals surface area contributed by atoms with Crippen LogP contribution in [0.5, 0.6) is 11.6 Å². The summed E-state index contributed by atoms with van der Waals surface area (Å²) in [7, 11) is -2.85. The van der Waals surface area contributed by atoms with E-state index in [0.717, 1.165) is 56.0 Å². The molecule has 2 aliphatic carbocycles. The molecule has 1 saturated heterocycles. The highest BCUT2D eigenvalue weighted by molar-refractivity contribution is 7.59. The van der Waals surface area contributed by atoms with Gasteiger partial charge in [0.05, 0.1) is 37.4 Å². The van der Waals surface area contributed by atoms with Crippen molar-refractivity contribution in [2.75, 3.05) is 13.7 Å². The Hall–Kier alpha value is -4.15. The lowest BCUT2D eigenvalue weighted by molar-refractivity contribution is -0.154. The molecule has 55 heavy (non-hydrogen) atoms. The number of carbonyl (C=O) groups excluding carboxylic acids is 3. The second-order valence-corrected chi connectivity index (χ2v) is 18.3. The summed E-state index contributed by atoms with van der Waals surface area (Å²) in [6.07, 6.45) is 10.6. The third-order valence-electron chi connectivity index (χ3n) is 12.0. The van der Waals surface area contributed by atoms with Crippen LogP contribution in [0.3, 0.4) is 0 Å². The molecule has 1 aromatic heterocycles. The van der Waals surface area contributed by atoms with Crippen molar-refractivity contribution in [2.24, 2.45) is 11.8 Å². The van der Waals surface area contributed by atoms with E-state index >= 15 is 0 Å². The predicted molar refractivity (Wildman–Crippen MR) is 202 cm³/mol. The fraction of sp³-hybridized carbons (Fsp3) is 0.524. The smallest absolute Gasteiger partial charge is 0.306 e. The number of rotatable bonds is 9. The maximum absolute atomic E-state index is 14.8. The van der Waals surface area contributed by atoms with Crippen molar-refractivity contribution in [1.29, 1.82) is 0 Å². The zero-order valence-electron chi connectivity index (χ0n) is 31.2. The van der Waals surface area contributed by atoms with Crippen LogP contribution in [0.15, 0.2) is 60.8 Å². The van der Waals surface area contributed by atoms with Gasteiger partial charge in [-0.05, 0) is 99.1 Å². The number of halogens is 2. The predicted octanol–water partition coefficient (Wildman–Crippen LogP) is 8.07. The van der Waals surface area contributed by atoms with Crippen LogP contribution in [0.1, 0.15) is 89.0 Å². The van der Waals surface area contributed by atoms with Crippen LogP contribution in [0.4, 0.5) is 8.78 Å². The molecule has 4 aliphatic rings. The Morgan fingerprint density at radius 3 is 2.55 bits per heavy atom. The second kappa shape index (κ2) is 16.5. The molecule has 2 aromatic carbocycles. The minimum atomic E-state index is -4.42. The first-order chi connectivity index (χ1) is 26.5. The van der Waals surface area contributed by atoms with E-state index < -0.39 is 71.6 Å². The molecule has 2 saturated carbocycles. The quantitative estimate of drug-likeness (QED) is 0.130. The molecule has 3 aromatic rings. The zero-order chi connectivity index (χ0) is 38.7. The average Bonchev–Trinajstić information content (AvgIpc) is 3.43. The van der Waals surface area contributed by atoms with E-state index in [2.05, 4.69) is 4.98 Å². The Bertz CT molecular complexity index is 1980. The van der Waals surface area contributed by atoms with Gasteiger partial charge in [0, 0.05) is 35.9 Å². The Kier molecular flexibility index (Phi) is 11.7.